The molecule has 1 aliphatic rings. The van der Waals surface area contributed by atoms with Crippen LogP contribution in [0.4, 0.5) is 5.69 Å². The van der Waals surface area contributed by atoms with Crippen LogP contribution in [0.25, 0.3) is 0 Å². The van der Waals surface area contributed by atoms with Crippen molar-refractivity contribution in [2.24, 2.45) is 0 Å². The first-order chi connectivity index (χ1) is 15.0. The van der Waals surface area contributed by atoms with Crippen molar-refractivity contribution in [3.05, 3.63) is 39.8 Å². The van der Waals surface area contributed by atoms with Crippen molar-refractivity contribution in [3.63, 3.8) is 0 Å². The van der Waals surface area contributed by atoms with E-state index in [4.69, 9.17) is 0 Å². The van der Waals surface area contributed by atoms with E-state index in [0.717, 1.165) is 55.4 Å². The number of hydrogen-bond acceptors (Lipinski definition) is 7. The first-order valence-corrected chi connectivity index (χ1v) is 11.7. The number of hydrogen-bond donors (Lipinski definition) is 2. The van der Waals surface area contributed by atoms with Gasteiger partial charge in [0.15, 0.2) is 0 Å². The molecule has 0 atom stereocenters. The van der Waals surface area contributed by atoms with Crippen molar-refractivity contribution in [1.29, 1.82) is 0 Å². The number of nitrogens with zero attached hydrogens (tertiary/aromatic N) is 4. The van der Waals surface area contributed by atoms with Crippen LogP contribution in [0.1, 0.15) is 39.6 Å². The summed E-state index contributed by atoms with van der Waals surface area (Å²) in [4.78, 5) is 29.2. The van der Waals surface area contributed by atoms with E-state index in [1.165, 1.54) is 11.3 Å². The number of para-hydroxylation sites is 1. The highest BCUT2D eigenvalue weighted by molar-refractivity contribution is 7.13. The number of carbonyl (C=O) groups is 2. The van der Waals surface area contributed by atoms with Gasteiger partial charge in [-0.2, -0.15) is 0 Å². The number of likely N-dealkylation sites (N-methyl/N-ethyl adjacent to an activating group) is 1. The van der Waals surface area contributed by atoms with E-state index in [1.807, 2.05) is 31.2 Å². The van der Waals surface area contributed by atoms with E-state index in [1.54, 1.807) is 0 Å². The lowest BCUT2D eigenvalue weighted by atomic mass is 10.2. The molecule has 8 nitrogen and oxygen atoms in total. The first kappa shape index (κ1) is 23.3. The monoisotopic (exact) mass is 444 g/mol. The van der Waals surface area contributed by atoms with E-state index < -0.39 is 0 Å². The molecule has 0 radical (unpaired) electrons. The molecule has 1 saturated heterocycles. The minimum absolute atomic E-state index is 0.0698. The number of anilines is 1. The Balaban J connectivity index is 1.30. The molecule has 2 heterocycles. The molecular formula is C22H32N6O2S. The molecule has 1 fully saturated rings. The fourth-order valence-electron chi connectivity index (χ4n) is 3.43. The van der Waals surface area contributed by atoms with E-state index in [0.29, 0.717) is 30.8 Å². The van der Waals surface area contributed by atoms with Crippen LogP contribution in [0, 0.1) is 6.92 Å². The molecule has 9 heteroatoms. The zero-order valence-corrected chi connectivity index (χ0v) is 19.2. The van der Waals surface area contributed by atoms with Gasteiger partial charge in [0, 0.05) is 51.3 Å². The van der Waals surface area contributed by atoms with Crippen LogP contribution in [0.15, 0.2) is 24.3 Å². The van der Waals surface area contributed by atoms with Gasteiger partial charge in [-0.3, -0.25) is 9.59 Å². The van der Waals surface area contributed by atoms with Gasteiger partial charge in [-0.05, 0) is 45.0 Å². The van der Waals surface area contributed by atoms with Gasteiger partial charge >= 0.3 is 0 Å². The molecule has 2 aromatic rings. The van der Waals surface area contributed by atoms with E-state index in [9.17, 15) is 9.59 Å². The molecule has 0 spiro atoms. The van der Waals surface area contributed by atoms with Gasteiger partial charge < -0.3 is 20.4 Å². The number of aryl methyl sites for hydroxylation is 2. The maximum atomic E-state index is 12.4. The van der Waals surface area contributed by atoms with Gasteiger partial charge in [0.25, 0.3) is 5.91 Å². The normalized spacial score (nSPS) is 15.0. The van der Waals surface area contributed by atoms with Gasteiger partial charge in [0.2, 0.25) is 10.9 Å². The predicted octanol–water partition coefficient (Wildman–Crippen LogP) is 2.18. The van der Waals surface area contributed by atoms with E-state index in [2.05, 4.69) is 37.7 Å². The molecule has 0 saturated carbocycles. The Kier molecular flexibility index (Phi) is 8.93. The number of aromatic nitrogens is 2. The SMILES string of the molecule is Cc1ccccc1NC(=O)c1nnc(CCCC(=O)NCCCN2CCN(C)CC2)s1. The molecule has 2 amide bonds. The van der Waals surface area contributed by atoms with Gasteiger partial charge in [0.05, 0.1) is 0 Å². The van der Waals surface area contributed by atoms with Crippen LogP contribution in [-0.2, 0) is 11.2 Å². The maximum absolute atomic E-state index is 12.4. The molecule has 0 bridgehead atoms. The summed E-state index contributed by atoms with van der Waals surface area (Å²) < 4.78 is 0. The third kappa shape index (κ3) is 7.68. The average Bonchev–Trinajstić information content (AvgIpc) is 3.23. The highest BCUT2D eigenvalue weighted by Gasteiger charge is 2.15. The summed E-state index contributed by atoms with van der Waals surface area (Å²) in [6, 6.07) is 7.61. The standard InChI is InChI=1S/C22H32N6O2S/c1-17-7-3-4-8-18(17)24-21(30)22-26-25-20(31-22)10-5-9-19(29)23-11-6-12-28-15-13-27(2)14-16-28/h3-4,7-8H,5-6,9-16H2,1-2H3,(H,23,29)(H,24,30). The Bertz CT molecular complexity index is 863. The van der Waals surface area contributed by atoms with Crippen molar-refractivity contribution in [2.45, 2.75) is 32.6 Å². The van der Waals surface area contributed by atoms with Crippen LogP contribution in [-0.4, -0.2) is 78.1 Å². The lowest BCUT2D eigenvalue weighted by Gasteiger charge is -2.32. The average molecular weight is 445 g/mol. The van der Waals surface area contributed by atoms with Crippen molar-refractivity contribution >= 4 is 28.8 Å². The number of amides is 2. The summed E-state index contributed by atoms with van der Waals surface area (Å²) >= 11 is 1.28. The Morgan fingerprint density at radius 1 is 1.10 bits per heavy atom. The van der Waals surface area contributed by atoms with Gasteiger partial charge in [-0.25, -0.2) is 0 Å². The second kappa shape index (κ2) is 11.9. The number of benzene rings is 1. The summed E-state index contributed by atoms with van der Waals surface area (Å²) in [6.07, 6.45) is 2.77. The fourth-order valence-corrected chi connectivity index (χ4v) is 4.20. The Labute approximate surface area is 188 Å². The van der Waals surface area contributed by atoms with Gasteiger partial charge in [-0.1, -0.05) is 29.5 Å². The molecule has 0 unspecified atom stereocenters. The van der Waals surface area contributed by atoms with Crippen molar-refractivity contribution in [1.82, 2.24) is 25.3 Å². The lowest BCUT2D eigenvalue weighted by molar-refractivity contribution is -0.121. The van der Waals surface area contributed by atoms with E-state index in [-0.39, 0.29) is 11.8 Å². The van der Waals surface area contributed by atoms with Gasteiger partial charge in [-0.15, -0.1) is 10.2 Å². The summed E-state index contributed by atoms with van der Waals surface area (Å²) in [6.45, 7) is 8.15. The third-order valence-corrected chi connectivity index (χ3v) is 6.40. The minimum atomic E-state index is -0.254. The molecule has 1 aliphatic heterocycles. The Morgan fingerprint density at radius 3 is 2.65 bits per heavy atom. The number of piperazine rings is 1. The molecule has 168 valence electrons. The molecule has 1 aromatic heterocycles. The molecular weight excluding hydrogens is 412 g/mol. The Morgan fingerprint density at radius 2 is 1.87 bits per heavy atom. The van der Waals surface area contributed by atoms with Crippen LogP contribution < -0.4 is 10.6 Å². The second-order valence-electron chi connectivity index (χ2n) is 7.97. The van der Waals surface area contributed by atoms with Crippen LogP contribution in [0.3, 0.4) is 0 Å². The minimum Gasteiger partial charge on any atom is -0.356 e. The number of nitrogens with one attached hydrogen (secondary N) is 2. The Hall–Kier alpha value is -2.36. The van der Waals surface area contributed by atoms with Crippen LogP contribution in [0.2, 0.25) is 0 Å². The third-order valence-electron chi connectivity index (χ3n) is 5.42. The van der Waals surface area contributed by atoms with Crippen molar-refractivity contribution in [2.75, 3.05) is 51.6 Å². The number of rotatable bonds is 10. The number of carbonyl (C=O) groups excluding carboxylic acids is 2. The van der Waals surface area contributed by atoms with E-state index >= 15 is 0 Å². The molecule has 2 N–H and O–H groups in total. The topological polar surface area (TPSA) is 90.5 Å². The summed E-state index contributed by atoms with van der Waals surface area (Å²) in [5.41, 5.74) is 1.77. The zero-order chi connectivity index (χ0) is 22.1. The zero-order valence-electron chi connectivity index (χ0n) is 18.4. The smallest absolute Gasteiger partial charge is 0.286 e. The summed E-state index contributed by atoms with van der Waals surface area (Å²) in [5.74, 6) is -0.184. The quantitative estimate of drug-likeness (QED) is 0.546. The highest BCUT2D eigenvalue weighted by atomic mass is 32.1. The van der Waals surface area contributed by atoms with Crippen molar-refractivity contribution in [3.8, 4) is 0 Å². The predicted molar refractivity (Wildman–Crippen MR) is 124 cm³/mol. The molecule has 0 aliphatic carbocycles. The molecule has 3 rings (SSSR count). The first-order valence-electron chi connectivity index (χ1n) is 10.9. The van der Waals surface area contributed by atoms with Gasteiger partial charge in [0.1, 0.15) is 5.01 Å². The molecule has 1 aromatic carbocycles. The summed E-state index contributed by atoms with van der Waals surface area (Å²) in [7, 11) is 2.15. The van der Waals surface area contributed by atoms with Crippen LogP contribution in [0.5, 0.6) is 0 Å². The lowest BCUT2D eigenvalue weighted by Crippen LogP contribution is -2.45. The van der Waals surface area contributed by atoms with Crippen LogP contribution >= 0.6 is 11.3 Å². The summed E-state index contributed by atoms with van der Waals surface area (Å²) in [5, 5.41) is 15.1. The largest absolute Gasteiger partial charge is 0.356 e. The van der Waals surface area contributed by atoms with Crippen molar-refractivity contribution < 1.29 is 9.59 Å². The second-order valence-corrected chi connectivity index (χ2v) is 9.03. The fraction of sp³-hybridized carbons (Fsp3) is 0.545. The highest BCUT2D eigenvalue weighted by Crippen LogP contribution is 2.17. The maximum Gasteiger partial charge on any atom is 0.286 e. The molecule has 31 heavy (non-hydrogen) atoms.